The Balaban J connectivity index is 0. The zero-order valence-corrected chi connectivity index (χ0v) is 14.2. The molecule has 1 amide bonds. The predicted octanol–water partition coefficient (Wildman–Crippen LogP) is 2.31. The molecule has 0 aromatic carbocycles. The number of carbonyl (C=O) groups excluding carboxylic acids is 1. The Hall–Kier alpha value is 0.380. The number of amides is 1. The summed E-state index contributed by atoms with van der Waals surface area (Å²) in [7, 11) is -2.77. The molecule has 0 saturated carbocycles. The van der Waals surface area contributed by atoms with Crippen LogP contribution in [0, 0.1) is 0 Å². The third-order valence-electron chi connectivity index (χ3n) is 3.35. The third-order valence-corrected chi connectivity index (χ3v) is 3.74. The van der Waals surface area contributed by atoms with E-state index in [4.69, 9.17) is 0 Å². The molecule has 0 aromatic rings. The van der Waals surface area contributed by atoms with Crippen LogP contribution in [0.1, 0.15) is 77.6 Å². The first-order chi connectivity index (χ1) is 10.2. The van der Waals surface area contributed by atoms with Gasteiger partial charge in [0.1, 0.15) is 0 Å². The van der Waals surface area contributed by atoms with Gasteiger partial charge in [-0.1, -0.05) is 58.3 Å². The molecule has 1 N–H and O–H groups in total. The molecule has 0 bridgehead atoms. The molecule has 0 aliphatic carbocycles. The van der Waals surface area contributed by atoms with Gasteiger partial charge in [0.25, 0.3) is 11.0 Å². The van der Waals surface area contributed by atoms with Crippen molar-refractivity contribution in [2.45, 2.75) is 77.6 Å². The van der Waals surface area contributed by atoms with Gasteiger partial charge in [0, 0.05) is 13.0 Å². The van der Waals surface area contributed by atoms with Crippen LogP contribution in [-0.2, 0) is 20.0 Å². The quantitative estimate of drug-likeness (QED) is 0.271. The van der Waals surface area contributed by atoms with E-state index in [1.165, 1.54) is 44.9 Å². The molecule has 0 heterocycles. The molecule has 0 aliphatic heterocycles. The average molecular weight is 345 g/mol. The van der Waals surface area contributed by atoms with Crippen LogP contribution in [-0.4, -0.2) is 57.0 Å². The van der Waals surface area contributed by atoms with Crippen molar-refractivity contribution in [3.63, 3.8) is 0 Å². The van der Waals surface area contributed by atoms with Crippen LogP contribution in [0.4, 0.5) is 0 Å². The van der Waals surface area contributed by atoms with Crippen molar-refractivity contribution in [1.29, 1.82) is 0 Å². The van der Waals surface area contributed by atoms with Crippen LogP contribution in [0.5, 0.6) is 0 Å². The van der Waals surface area contributed by atoms with Gasteiger partial charge in [0.05, 0.1) is 6.61 Å². The Labute approximate surface area is 159 Å². The number of carbonyl (C=O) groups is 1. The van der Waals surface area contributed by atoms with Crippen LogP contribution in [0.3, 0.4) is 0 Å². The zero-order chi connectivity index (χ0) is 15.8. The van der Waals surface area contributed by atoms with Gasteiger partial charge < -0.3 is 5.32 Å². The third kappa shape index (κ3) is 20.4. The fourth-order valence-electron chi connectivity index (χ4n) is 2.12. The van der Waals surface area contributed by atoms with Gasteiger partial charge in [-0.2, -0.15) is 0 Å². The summed E-state index contributed by atoms with van der Waals surface area (Å²) in [6, 6.07) is 0. The number of unbranched alkanes of at least 4 members (excludes halogenated alkanes) is 8. The molecule has 7 heteroatoms. The standard InChI is InChI=1S/C15H31NO4S.Na.H/c1-2-3-4-5-6-7-8-9-10-12-15(17)16-13-11-14-20-21(18)19;;/h21H,2-14H2,1H3,(H,16,17);;. The van der Waals surface area contributed by atoms with E-state index in [0.29, 0.717) is 19.4 Å². The summed E-state index contributed by atoms with van der Waals surface area (Å²) in [5, 5.41) is 2.77. The van der Waals surface area contributed by atoms with Crippen LogP contribution < -0.4 is 5.32 Å². The van der Waals surface area contributed by atoms with Gasteiger partial charge in [0.15, 0.2) is 0 Å². The molecule has 128 valence electrons. The van der Waals surface area contributed by atoms with E-state index < -0.39 is 11.0 Å². The van der Waals surface area contributed by atoms with Crippen molar-refractivity contribution >= 4 is 46.4 Å². The van der Waals surface area contributed by atoms with Gasteiger partial charge >= 0.3 is 29.6 Å². The molecule has 0 aliphatic rings. The summed E-state index contributed by atoms with van der Waals surface area (Å²) >= 11 is 0. The minimum absolute atomic E-state index is 0. The van der Waals surface area contributed by atoms with E-state index in [0.717, 1.165) is 12.8 Å². The van der Waals surface area contributed by atoms with Crippen molar-refractivity contribution in [3.8, 4) is 0 Å². The number of hydrogen-bond acceptors (Lipinski definition) is 4. The second-order valence-corrected chi connectivity index (χ2v) is 6.04. The zero-order valence-electron chi connectivity index (χ0n) is 13.3. The van der Waals surface area contributed by atoms with Crippen LogP contribution in [0.15, 0.2) is 0 Å². The molecular formula is C15H32NNaO4S. The maximum absolute atomic E-state index is 11.5. The van der Waals surface area contributed by atoms with Crippen LogP contribution >= 0.6 is 0 Å². The monoisotopic (exact) mass is 345 g/mol. The Morgan fingerprint density at radius 3 is 2.00 bits per heavy atom. The first-order valence-electron chi connectivity index (χ1n) is 8.20. The maximum atomic E-state index is 11.5. The second-order valence-electron chi connectivity index (χ2n) is 5.34. The van der Waals surface area contributed by atoms with Gasteiger partial charge in [-0.3, -0.25) is 8.98 Å². The fraction of sp³-hybridized carbons (Fsp3) is 0.933. The van der Waals surface area contributed by atoms with Gasteiger partial charge in [-0.25, -0.2) is 8.42 Å². The molecule has 0 radical (unpaired) electrons. The van der Waals surface area contributed by atoms with Crippen LogP contribution in [0.25, 0.3) is 0 Å². The molecule has 22 heavy (non-hydrogen) atoms. The number of rotatable bonds is 15. The van der Waals surface area contributed by atoms with Crippen LogP contribution in [0.2, 0.25) is 0 Å². The Bertz CT molecular complexity index is 317. The Morgan fingerprint density at radius 1 is 0.909 bits per heavy atom. The topological polar surface area (TPSA) is 72.5 Å². The molecule has 0 atom stereocenters. The van der Waals surface area contributed by atoms with E-state index in [-0.39, 0.29) is 42.1 Å². The molecule has 5 nitrogen and oxygen atoms in total. The van der Waals surface area contributed by atoms with Gasteiger partial charge in [-0.15, -0.1) is 0 Å². The average Bonchev–Trinajstić information content (AvgIpc) is 2.45. The second kappa shape index (κ2) is 19.4. The number of hydrogen-bond donors (Lipinski definition) is 2. The van der Waals surface area contributed by atoms with Crippen molar-refractivity contribution in [3.05, 3.63) is 0 Å². The summed E-state index contributed by atoms with van der Waals surface area (Å²) in [5.74, 6) is 0.0458. The van der Waals surface area contributed by atoms with E-state index in [2.05, 4.69) is 16.4 Å². The van der Waals surface area contributed by atoms with E-state index in [9.17, 15) is 13.2 Å². The predicted molar refractivity (Wildman–Crippen MR) is 92.9 cm³/mol. The first kappa shape index (κ1) is 24.6. The summed E-state index contributed by atoms with van der Waals surface area (Å²) in [6.07, 6.45) is 12.2. The number of thiol groups is 1. The molecule has 0 rings (SSSR count). The first-order valence-corrected chi connectivity index (χ1v) is 9.30. The van der Waals surface area contributed by atoms with E-state index >= 15 is 0 Å². The Kier molecular flexibility index (Phi) is 21.7. The van der Waals surface area contributed by atoms with Gasteiger partial charge in [0.2, 0.25) is 5.91 Å². The fourth-order valence-corrected chi connectivity index (χ4v) is 2.40. The molecule has 0 saturated heterocycles. The number of nitrogens with one attached hydrogen (secondary N) is 1. The van der Waals surface area contributed by atoms with Crippen molar-refractivity contribution < 1.29 is 17.4 Å². The SMILES string of the molecule is CCCCCCCCCCCC(=O)NCCCO[SH](=O)=O.[NaH]. The molecule has 0 aromatic heterocycles. The van der Waals surface area contributed by atoms with Crippen molar-refractivity contribution in [1.82, 2.24) is 5.32 Å². The normalized spacial score (nSPS) is 10.5. The molecule has 0 spiro atoms. The van der Waals surface area contributed by atoms with E-state index in [1.54, 1.807) is 0 Å². The Morgan fingerprint density at radius 2 is 1.45 bits per heavy atom. The van der Waals surface area contributed by atoms with Crippen molar-refractivity contribution in [2.75, 3.05) is 13.2 Å². The molecule has 0 fully saturated rings. The minimum atomic E-state index is -2.77. The van der Waals surface area contributed by atoms with E-state index in [1.807, 2.05) is 0 Å². The summed E-state index contributed by atoms with van der Waals surface area (Å²) < 4.78 is 24.6. The summed E-state index contributed by atoms with van der Waals surface area (Å²) in [4.78, 5) is 11.5. The summed E-state index contributed by atoms with van der Waals surface area (Å²) in [5.41, 5.74) is 0. The van der Waals surface area contributed by atoms with Crippen molar-refractivity contribution in [2.24, 2.45) is 0 Å². The molecular weight excluding hydrogens is 313 g/mol. The van der Waals surface area contributed by atoms with Gasteiger partial charge in [-0.05, 0) is 12.8 Å². The summed E-state index contributed by atoms with van der Waals surface area (Å²) in [6.45, 7) is 2.83. The molecule has 0 unspecified atom stereocenters.